The van der Waals surface area contributed by atoms with Gasteiger partial charge in [-0.3, -0.25) is 4.98 Å². The monoisotopic (exact) mass is 393 g/mol. The van der Waals surface area contributed by atoms with E-state index in [-0.39, 0.29) is 6.04 Å². The first-order valence-corrected chi connectivity index (χ1v) is 10.7. The normalized spacial score (nSPS) is 14.4. The first-order chi connectivity index (χ1) is 13.2. The Hall–Kier alpha value is -2.38. The van der Waals surface area contributed by atoms with Crippen LogP contribution in [0.25, 0.3) is 21.6 Å². The molecule has 0 aliphatic heterocycles. The van der Waals surface area contributed by atoms with Crippen molar-refractivity contribution in [2.75, 3.05) is 5.32 Å². The second-order valence-corrected chi connectivity index (χ2v) is 9.20. The maximum Gasteiger partial charge on any atom is 0.164 e. The number of aryl methyl sites for hydroxylation is 3. The van der Waals surface area contributed by atoms with Crippen LogP contribution in [-0.2, 0) is 12.8 Å². The van der Waals surface area contributed by atoms with Crippen LogP contribution in [-0.4, -0.2) is 19.9 Å². The van der Waals surface area contributed by atoms with E-state index < -0.39 is 0 Å². The van der Waals surface area contributed by atoms with Crippen LogP contribution in [0.15, 0.2) is 30.7 Å². The fourth-order valence-corrected chi connectivity index (χ4v) is 5.60. The third-order valence-electron chi connectivity index (χ3n) is 4.85. The predicted molar refractivity (Wildman–Crippen MR) is 112 cm³/mol. The van der Waals surface area contributed by atoms with Gasteiger partial charge in [0.15, 0.2) is 5.82 Å². The van der Waals surface area contributed by atoms with Gasteiger partial charge in [0.2, 0.25) is 0 Å². The molecule has 4 aromatic heterocycles. The van der Waals surface area contributed by atoms with Gasteiger partial charge in [0, 0.05) is 33.9 Å². The maximum absolute atomic E-state index is 4.91. The van der Waals surface area contributed by atoms with Crippen LogP contribution in [0.4, 0.5) is 5.82 Å². The van der Waals surface area contributed by atoms with E-state index in [1.165, 1.54) is 27.1 Å². The van der Waals surface area contributed by atoms with Crippen molar-refractivity contribution in [3.8, 4) is 11.4 Å². The highest BCUT2D eigenvalue weighted by Gasteiger charge is 2.24. The van der Waals surface area contributed by atoms with Crippen molar-refractivity contribution in [2.45, 2.75) is 39.2 Å². The Morgan fingerprint density at radius 2 is 2.07 bits per heavy atom. The number of aromatic nitrogens is 4. The zero-order chi connectivity index (χ0) is 18.4. The summed E-state index contributed by atoms with van der Waals surface area (Å²) in [5, 5.41) is 5.90. The number of thiazole rings is 1. The summed E-state index contributed by atoms with van der Waals surface area (Å²) >= 11 is 3.54. The molecule has 136 valence electrons. The van der Waals surface area contributed by atoms with E-state index in [2.05, 4.69) is 29.1 Å². The fraction of sp³-hybridized carbons (Fsp3) is 0.300. The number of fused-ring (bicyclic) bond motifs is 3. The average Bonchev–Trinajstić information content (AvgIpc) is 3.37. The lowest BCUT2D eigenvalue weighted by atomic mass is 10.1. The summed E-state index contributed by atoms with van der Waals surface area (Å²) in [5.74, 6) is 1.64. The van der Waals surface area contributed by atoms with Crippen LogP contribution >= 0.6 is 22.7 Å². The summed E-state index contributed by atoms with van der Waals surface area (Å²) < 4.78 is 0. The molecular formula is C20H19N5S2. The van der Waals surface area contributed by atoms with E-state index >= 15 is 0 Å². The van der Waals surface area contributed by atoms with E-state index in [1.54, 1.807) is 17.5 Å². The second kappa shape index (κ2) is 6.65. The fourth-order valence-electron chi connectivity index (χ4n) is 3.56. The molecule has 1 aliphatic carbocycles. The van der Waals surface area contributed by atoms with Crippen molar-refractivity contribution >= 4 is 38.7 Å². The highest BCUT2D eigenvalue weighted by Crippen LogP contribution is 2.41. The lowest BCUT2D eigenvalue weighted by Crippen LogP contribution is -2.09. The molecule has 7 heteroatoms. The molecule has 27 heavy (non-hydrogen) atoms. The van der Waals surface area contributed by atoms with Crippen molar-refractivity contribution in [3.63, 3.8) is 0 Å². The molecule has 1 aliphatic rings. The number of pyridine rings is 1. The summed E-state index contributed by atoms with van der Waals surface area (Å²) in [7, 11) is 0. The van der Waals surface area contributed by atoms with Crippen molar-refractivity contribution in [1.29, 1.82) is 0 Å². The number of anilines is 1. The van der Waals surface area contributed by atoms with Crippen molar-refractivity contribution in [1.82, 2.24) is 19.9 Å². The summed E-state index contributed by atoms with van der Waals surface area (Å²) in [4.78, 5) is 22.3. The van der Waals surface area contributed by atoms with Crippen LogP contribution in [0.5, 0.6) is 0 Å². The zero-order valence-corrected chi connectivity index (χ0v) is 16.8. The molecule has 0 aromatic carbocycles. The van der Waals surface area contributed by atoms with Gasteiger partial charge < -0.3 is 5.32 Å². The van der Waals surface area contributed by atoms with Gasteiger partial charge in [0.05, 0.1) is 11.4 Å². The third kappa shape index (κ3) is 3.00. The molecule has 5 nitrogen and oxygen atoms in total. The van der Waals surface area contributed by atoms with Gasteiger partial charge in [-0.05, 0) is 50.8 Å². The minimum Gasteiger partial charge on any atom is -0.360 e. The van der Waals surface area contributed by atoms with Crippen LogP contribution in [0.1, 0.15) is 39.7 Å². The maximum atomic E-state index is 4.91. The van der Waals surface area contributed by atoms with Crippen molar-refractivity contribution in [3.05, 3.63) is 51.0 Å². The Morgan fingerprint density at radius 1 is 1.15 bits per heavy atom. The molecule has 0 saturated heterocycles. The van der Waals surface area contributed by atoms with Crippen LogP contribution in [0, 0.1) is 6.92 Å². The Morgan fingerprint density at radius 3 is 2.85 bits per heavy atom. The molecule has 5 rings (SSSR count). The van der Waals surface area contributed by atoms with Gasteiger partial charge in [0.25, 0.3) is 0 Å². The molecule has 0 radical (unpaired) electrons. The van der Waals surface area contributed by atoms with Gasteiger partial charge in [0.1, 0.15) is 15.7 Å². The minimum atomic E-state index is 0.0977. The van der Waals surface area contributed by atoms with Crippen LogP contribution in [0.3, 0.4) is 0 Å². The number of hydrogen-bond acceptors (Lipinski definition) is 7. The number of nitrogens with one attached hydrogen (secondary N) is 1. The molecule has 1 atom stereocenters. The van der Waals surface area contributed by atoms with Gasteiger partial charge in [-0.25, -0.2) is 15.0 Å². The SMILES string of the molecule is Cc1cnc(C(C)Nc2nc(-c3cccnc3)nc3sc4c(c23)CCC4)s1. The average molecular weight is 394 g/mol. The Balaban J connectivity index is 1.64. The molecular weight excluding hydrogens is 374 g/mol. The predicted octanol–water partition coefficient (Wildman–Crippen LogP) is 5.18. The second-order valence-electron chi connectivity index (χ2n) is 6.85. The summed E-state index contributed by atoms with van der Waals surface area (Å²) in [5.41, 5.74) is 2.37. The summed E-state index contributed by atoms with van der Waals surface area (Å²) in [6, 6.07) is 4.03. The Kier molecular flexibility index (Phi) is 4.13. The van der Waals surface area contributed by atoms with Gasteiger partial charge in [-0.1, -0.05) is 0 Å². The Labute approximate surface area is 165 Å². The standard InChI is InChI=1S/C20H19N5S2/c1-11-9-22-19(26-11)12(2)23-18-16-14-6-3-7-15(14)27-20(16)25-17(24-18)13-5-4-8-21-10-13/h4-5,8-10,12H,3,6-7H2,1-2H3,(H,23,24,25). The zero-order valence-electron chi connectivity index (χ0n) is 15.2. The van der Waals surface area contributed by atoms with Crippen molar-refractivity contribution < 1.29 is 0 Å². The topological polar surface area (TPSA) is 63.6 Å². The Bertz CT molecular complexity index is 1120. The molecule has 0 fully saturated rings. The lowest BCUT2D eigenvalue weighted by molar-refractivity contribution is 0.861. The van der Waals surface area contributed by atoms with E-state index in [4.69, 9.17) is 9.97 Å². The highest BCUT2D eigenvalue weighted by atomic mass is 32.1. The number of rotatable bonds is 4. The number of nitrogens with zero attached hydrogens (tertiary/aromatic N) is 4. The summed E-state index contributed by atoms with van der Waals surface area (Å²) in [6.45, 7) is 4.23. The molecule has 0 amide bonds. The lowest BCUT2D eigenvalue weighted by Gasteiger charge is -2.14. The van der Waals surface area contributed by atoms with E-state index in [1.807, 2.05) is 35.9 Å². The molecule has 4 heterocycles. The molecule has 0 spiro atoms. The highest BCUT2D eigenvalue weighted by molar-refractivity contribution is 7.19. The molecule has 1 unspecified atom stereocenters. The van der Waals surface area contributed by atoms with E-state index in [0.29, 0.717) is 0 Å². The van der Waals surface area contributed by atoms with Gasteiger partial charge in [-0.15, -0.1) is 22.7 Å². The number of thiophene rings is 1. The van der Waals surface area contributed by atoms with Gasteiger partial charge >= 0.3 is 0 Å². The minimum absolute atomic E-state index is 0.0977. The third-order valence-corrected chi connectivity index (χ3v) is 7.13. The van der Waals surface area contributed by atoms with Crippen LogP contribution < -0.4 is 5.32 Å². The first-order valence-electron chi connectivity index (χ1n) is 9.10. The molecule has 0 saturated carbocycles. The van der Waals surface area contributed by atoms with E-state index in [9.17, 15) is 0 Å². The molecule has 0 bridgehead atoms. The summed E-state index contributed by atoms with van der Waals surface area (Å²) in [6.07, 6.45) is 9.01. The molecule has 4 aromatic rings. The van der Waals surface area contributed by atoms with Gasteiger partial charge in [-0.2, -0.15) is 0 Å². The smallest absolute Gasteiger partial charge is 0.164 e. The van der Waals surface area contributed by atoms with Crippen LogP contribution in [0.2, 0.25) is 0 Å². The first kappa shape index (κ1) is 16.8. The largest absolute Gasteiger partial charge is 0.360 e. The van der Waals surface area contributed by atoms with Crippen molar-refractivity contribution in [2.24, 2.45) is 0 Å². The number of hydrogen-bond donors (Lipinski definition) is 1. The van der Waals surface area contributed by atoms with E-state index in [0.717, 1.165) is 39.9 Å². The quantitative estimate of drug-likeness (QED) is 0.517. The molecule has 1 N–H and O–H groups in total.